The van der Waals surface area contributed by atoms with Crippen molar-refractivity contribution < 1.29 is 14.2 Å². The zero-order chi connectivity index (χ0) is 9.15. The molecule has 0 bridgehead atoms. The third kappa shape index (κ3) is 2.20. The molecule has 1 N–H and O–H groups in total. The molecule has 76 valence electrons. The van der Waals surface area contributed by atoms with Crippen LogP contribution in [0.4, 0.5) is 0 Å². The quantitative estimate of drug-likeness (QED) is 0.569. The molecule has 4 heteroatoms. The molecule has 2 fully saturated rings. The maximum absolute atomic E-state index is 5.88. The summed E-state index contributed by atoms with van der Waals surface area (Å²) in [6.07, 6.45) is 0.249. The fourth-order valence-corrected chi connectivity index (χ4v) is 1.86. The lowest BCUT2D eigenvalue weighted by Crippen LogP contribution is -2.57. The molecular weight excluding hydrogens is 170 g/mol. The van der Waals surface area contributed by atoms with Crippen molar-refractivity contribution in [3.8, 4) is 0 Å². The predicted octanol–water partition coefficient (Wildman–Crippen LogP) is -0.220. The van der Waals surface area contributed by atoms with E-state index in [0.717, 1.165) is 13.1 Å². The first-order chi connectivity index (χ1) is 6.31. The van der Waals surface area contributed by atoms with Crippen molar-refractivity contribution in [2.75, 3.05) is 39.5 Å². The summed E-state index contributed by atoms with van der Waals surface area (Å²) in [4.78, 5) is 0. The van der Waals surface area contributed by atoms with E-state index in [-0.39, 0.29) is 11.7 Å². The van der Waals surface area contributed by atoms with Crippen molar-refractivity contribution >= 4 is 0 Å². The lowest BCUT2D eigenvalue weighted by atomic mass is 10.0. The molecule has 2 rings (SSSR count). The van der Waals surface area contributed by atoms with Crippen molar-refractivity contribution in [2.24, 2.45) is 0 Å². The topological polar surface area (TPSA) is 39.7 Å². The van der Waals surface area contributed by atoms with E-state index in [1.165, 1.54) is 0 Å². The average Bonchev–Trinajstić information content (AvgIpc) is 2.31. The van der Waals surface area contributed by atoms with Gasteiger partial charge in [0.1, 0.15) is 5.60 Å². The third-order valence-corrected chi connectivity index (χ3v) is 2.43. The van der Waals surface area contributed by atoms with E-state index < -0.39 is 0 Å². The minimum absolute atomic E-state index is 0.242. The molecule has 2 saturated heterocycles. The number of rotatable bonds is 0. The summed E-state index contributed by atoms with van der Waals surface area (Å²) in [5, 5.41) is 3.34. The Bertz CT molecular complexity index is 166. The molecule has 1 spiro atoms. The van der Waals surface area contributed by atoms with Crippen molar-refractivity contribution in [3.63, 3.8) is 0 Å². The Morgan fingerprint density at radius 3 is 2.54 bits per heavy atom. The Morgan fingerprint density at radius 1 is 1.23 bits per heavy atom. The smallest absolute Gasteiger partial charge is 0.127 e. The van der Waals surface area contributed by atoms with E-state index >= 15 is 0 Å². The van der Waals surface area contributed by atoms with E-state index in [4.69, 9.17) is 14.2 Å². The van der Waals surface area contributed by atoms with Crippen molar-refractivity contribution in [2.45, 2.75) is 18.6 Å². The molecule has 0 amide bonds. The molecule has 0 radical (unpaired) electrons. The second kappa shape index (κ2) is 3.92. The van der Waals surface area contributed by atoms with Gasteiger partial charge >= 0.3 is 0 Å². The van der Waals surface area contributed by atoms with E-state index in [9.17, 15) is 0 Å². The molecule has 13 heavy (non-hydrogen) atoms. The third-order valence-electron chi connectivity index (χ3n) is 2.43. The summed E-state index contributed by atoms with van der Waals surface area (Å²) in [7, 11) is 0. The molecule has 1 unspecified atom stereocenters. The number of morpholine rings is 1. The van der Waals surface area contributed by atoms with Gasteiger partial charge in [-0.1, -0.05) is 0 Å². The molecule has 0 aliphatic carbocycles. The Kier molecular flexibility index (Phi) is 2.83. The average molecular weight is 187 g/mol. The van der Waals surface area contributed by atoms with Gasteiger partial charge in [0.05, 0.1) is 32.5 Å². The van der Waals surface area contributed by atoms with Gasteiger partial charge in [-0.3, -0.25) is 0 Å². The van der Waals surface area contributed by atoms with Crippen LogP contribution >= 0.6 is 0 Å². The van der Waals surface area contributed by atoms with Crippen LogP contribution in [-0.2, 0) is 14.2 Å². The zero-order valence-corrected chi connectivity index (χ0v) is 8.04. The fourth-order valence-electron chi connectivity index (χ4n) is 1.86. The van der Waals surface area contributed by atoms with Gasteiger partial charge in [0, 0.05) is 13.1 Å². The van der Waals surface area contributed by atoms with Crippen LogP contribution in [0.25, 0.3) is 0 Å². The Labute approximate surface area is 78.5 Å². The Hall–Kier alpha value is -0.160. The molecule has 0 saturated carbocycles. The lowest BCUT2D eigenvalue weighted by Gasteiger charge is -2.39. The highest BCUT2D eigenvalue weighted by Crippen LogP contribution is 2.19. The van der Waals surface area contributed by atoms with Crippen molar-refractivity contribution in [3.05, 3.63) is 0 Å². The normalized spacial score (nSPS) is 34.4. The van der Waals surface area contributed by atoms with Crippen LogP contribution in [0.15, 0.2) is 0 Å². The summed E-state index contributed by atoms with van der Waals surface area (Å²) < 4.78 is 16.8. The first-order valence-electron chi connectivity index (χ1n) is 4.85. The first-order valence-corrected chi connectivity index (χ1v) is 4.85. The summed E-state index contributed by atoms with van der Waals surface area (Å²) in [6.45, 7) is 6.46. The van der Waals surface area contributed by atoms with Crippen LogP contribution < -0.4 is 5.32 Å². The highest BCUT2D eigenvalue weighted by Gasteiger charge is 2.37. The van der Waals surface area contributed by atoms with Crippen LogP contribution in [-0.4, -0.2) is 51.2 Å². The van der Waals surface area contributed by atoms with Crippen LogP contribution in [0.1, 0.15) is 6.92 Å². The largest absolute Gasteiger partial charge is 0.376 e. The van der Waals surface area contributed by atoms with Gasteiger partial charge in [-0.2, -0.15) is 0 Å². The van der Waals surface area contributed by atoms with Crippen molar-refractivity contribution in [1.29, 1.82) is 0 Å². The second-order valence-corrected chi connectivity index (χ2v) is 3.85. The number of nitrogens with one attached hydrogen (secondary N) is 1. The molecule has 2 heterocycles. The van der Waals surface area contributed by atoms with Gasteiger partial charge in [-0.25, -0.2) is 0 Å². The van der Waals surface area contributed by atoms with E-state index in [2.05, 4.69) is 12.2 Å². The maximum atomic E-state index is 5.88. The Morgan fingerprint density at radius 2 is 1.92 bits per heavy atom. The number of ether oxygens (including phenoxy) is 3. The molecule has 0 aromatic heterocycles. The molecular formula is C9H17NO3. The van der Waals surface area contributed by atoms with E-state index in [1.54, 1.807) is 0 Å². The van der Waals surface area contributed by atoms with Crippen LogP contribution in [0, 0.1) is 0 Å². The molecule has 2 aliphatic rings. The first kappa shape index (κ1) is 9.40. The zero-order valence-electron chi connectivity index (χ0n) is 8.04. The molecule has 1 atom stereocenters. The maximum Gasteiger partial charge on any atom is 0.127 e. The van der Waals surface area contributed by atoms with Gasteiger partial charge < -0.3 is 19.5 Å². The Balaban J connectivity index is 1.99. The molecule has 0 aromatic rings. The van der Waals surface area contributed by atoms with Crippen LogP contribution in [0.3, 0.4) is 0 Å². The summed E-state index contributed by atoms with van der Waals surface area (Å²) in [5.41, 5.74) is -0.242. The van der Waals surface area contributed by atoms with E-state index in [1.807, 2.05) is 0 Å². The van der Waals surface area contributed by atoms with Crippen molar-refractivity contribution in [1.82, 2.24) is 5.32 Å². The van der Waals surface area contributed by atoms with Gasteiger partial charge in [-0.15, -0.1) is 0 Å². The van der Waals surface area contributed by atoms with Crippen LogP contribution in [0.2, 0.25) is 0 Å². The SMILES string of the molecule is CC1CNCC2(COCCOC2)O1. The van der Waals surface area contributed by atoms with Gasteiger partial charge in [0.2, 0.25) is 0 Å². The highest BCUT2D eigenvalue weighted by molar-refractivity contribution is 4.89. The monoisotopic (exact) mass is 187 g/mol. The van der Waals surface area contributed by atoms with Gasteiger partial charge in [0.25, 0.3) is 0 Å². The lowest BCUT2D eigenvalue weighted by molar-refractivity contribution is -0.152. The summed E-state index contributed by atoms with van der Waals surface area (Å²) in [5.74, 6) is 0. The molecule has 4 nitrogen and oxygen atoms in total. The minimum atomic E-state index is -0.242. The minimum Gasteiger partial charge on any atom is -0.376 e. The summed E-state index contributed by atoms with van der Waals surface area (Å²) in [6, 6.07) is 0. The number of hydrogen-bond acceptors (Lipinski definition) is 4. The highest BCUT2D eigenvalue weighted by atomic mass is 16.6. The van der Waals surface area contributed by atoms with E-state index in [0.29, 0.717) is 26.4 Å². The molecule has 2 aliphatic heterocycles. The molecule has 0 aromatic carbocycles. The predicted molar refractivity (Wildman–Crippen MR) is 47.8 cm³/mol. The van der Waals surface area contributed by atoms with Gasteiger partial charge in [0.15, 0.2) is 0 Å². The fraction of sp³-hybridized carbons (Fsp3) is 1.00. The number of hydrogen-bond donors (Lipinski definition) is 1. The van der Waals surface area contributed by atoms with Crippen LogP contribution in [0.5, 0.6) is 0 Å². The van der Waals surface area contributed by atoms with Gasteiger partial charge in [-0.05, 0) is 6.92 Å². The standard InChI is InChI=1S/C9H17NO3/c1-8-4-10-5-9(13-8)6-11-2-3-12-7-9/h8,10H,2-7H2,1H3. The summed E-state index contributed by atoms with van der Waals surface area (Å²) >= 11 is 0. The second-order valence-electron chi connectivity index (χ2n) is 3.85.